The third-order valence-electron chi connectivity index (χ3n) is 3.69. The van der Waals surface area contributed by atoms with Gasteiger partial charge in [-0.3, -0.25) is 0 Å². The Morgan fingerprint density at radius 2 is 1.69 bits per heavy atom. The van der Waals surface area contributed by atoms with Gasteiger partial charge in [-0.25, -0.2) is 17.2 Å². The molecule has 0 radical (unpaired) electrons. The van der Waals surface area contributed by atoms with Crippen LogP contribution in [0, 0.1) is 23.0 Å². The molecule has 0 saturated carbocycles. The van der Waals surface area contributed by atoms with Crippen LogP contribution < -0.4 is 0 Å². The van der Waals surface area contributed by atoms with E-state index in [0.717, 1.165) is 16.4 Å². The predicted octanol–water partition coefficient (Wildman–Crippen LogP) is 2.59. The Labute approximate surface area is 152 Å². The second-order valence-corrected chi connectivity index (χ2v) is 8.00. The number of nitrogens with zero attached hydrogens (tertiary/aromatic N) is 3. The number of hydrogen-bond acceptors (Lipinski definition) is 4. The van der Waals surface area contributed by atoms with Gasteiger partial charge in [-0.15, -0.1) is 0 Å². The van der Waals surface area contributed by atoms with Crippen LogP contribution in [0.3, 0.4) is 0 Å². The Morgan fingerprint density at radius 3 is 2.27 bits per heavy atom. The van der Waals surface area contributed by atoms with Crippen LogP contribution in [0.2, 0.25) is 0 Å². The highest BCUT2D eigenvalue weighted by Gasteiger charge is 2.26. The zero-order chi connectivity index (χ0) is 19.3. The topological polar surface area (TPSA) is 64.4 Å². The normalized spacial score (nSPS) is 11.7. The maximum Gasteiger partial charge on any atom is 0.243 e. The summed E-state index contributed by atoms with van der Waals surface area (Å²) in [6.45, 7) is 0.545. The summed E-state index contributed by atoms with van der Waals surface area (Å²) in [7, 11) is -0.527. The molecular formula is C18H19F2N3O2S. The molecule has 0 amide bonds. The van der Waals surface area contributed by atoms with Gasteiger partial charge in [0.15, 0.2) is 0 Å². The van der Waals surface area contributed by atoms with E-state index in [9.17, 15) is 17.2 Å². The Bertz CT molecular complexity index is 904. The average Bonchev–Trinajstić information content (AvgIpc) is 2.57. The van der Waals surface area contributed by atoms with Crippen molar-refractivity contribution in [2.24, 2.45) is 0 Å². The maximum absolute atomic E-state index is 13.5. The van der Waals surface area contributed by atoms with Gasteiger partial charge in [0.05, 0.1) is 16.5 Å². The molecule has 0 spiro atoms. The van der Waals surface area contributed by atoms with Crippen molar-refractivity contribution in [3.63, 3.8) is 0 Å². The number of sulfonamides is 1. The van der Waals surface area contributed by atoms with Crippen LogP contribution in [-0.4, -0.2) is 44.8 Å². The molecule has 0 aromatic heterocycles. The molecule has 5 nitrogen and oxygen atoms in total. The molecule has 0 unspecified atom stereocenters. The highest BCUT2D eigenvalue weighted by molar-refractivity contribution is 7.89. The van der Waals surface area contributed by atoms with Crippen molar-refractivity contribution in [1.82, 2.24) is 9.21 Å². The predicted molar refractivity (Wildman–Crippen MR) is 93.7 cm³/mol. The minimum atomic E-state index is -4.12. The lowest BCUT2D eigenvalue weighted by atomic mass is 10.1. The van der Waals surface area contributed by atoms with Gasteiger partial charge < -0.3 is 4.90 Å². The summed E-state index contributed by atoms with van der Waals surface area (Å²) >= 11 is 0. The van der Waals surface area contributed by atoms with Crippen LogP contribution in [0.5, 0.6) is 0 Å². The summed E-state index contributed by atoms with van der Waals surface area (Å²) in [4.78, 5) is 1.37. The molecule has 2 aromatic carbocycles. The molecule has 8 heteroatoms. The minimum absolute atomic E-state index is 0.0101. The maximum atomic E-state index is 13.5. The molecule has 138 valence electrons. The lowest BCUT2D eigenvalue weighted by Gasteiger charge is -2.24. The van der Waals surface area contributed by atoms with Crippen LogP contribution >= 0.6 is 0 Å². The van der Waals surface area contributed by atoms with Gasteiger partial charge in [-0.05, 0) is 43.9 Å². The quantitative estimate of drug-likeness (QED) is 0.742. The van der Waals surface area contributed by atoms with Crippen molar-refractivity contribution >= 4 is 10.0 Å². The van der Waals surface area contributed by atoms with E-state index in [0.29, 0.717) is 23.7 Å². The molecule has 0 aliphatic rings. The van der Waals surface area contributed by atoms with Crippen LogP contribution in [0.4, 0.5) is 8.78 Å². The molecular weight excluding hydrogens is 360 g/mol. The van der Waals surface area contributed by atoms with Gasteiger partial charge in [-0.2, -0.15) is 9.57 Å². The summed E-state index contributed by atoms with van der Waals surface area (Å²) in [6.07, 6.45) is 0. The number of nitriles is 1. The van der Waals surface area contributed by atoms with Crippen molar-refractivity contribution in [3.05, 3.63) is 65.2 Å². The molecule has 26 heavy (non-hydrogen) atoms. The van der Waals surface area contributed by atoms with Gasteiger partial charge in [-0.1, -0.05) is 12.1 Å². The molecule has 0 atom stereocenters. The summed E-state index contributed by atoms with van der Waals surface area (Å²) < 4.78 is 54.0. The van der Waals surface area contributed by atoms with Gasteiger partial charge in [0.2, 0.25) is 10.0 Å². The molecule has 0 bridgehead atoms. The van der Waals surface area contributed by atoms with Gasteiger partial charge in [0.1, 0.15) is 11.6 Å². The summed E-state index contributed by atoms with van der Waals surface area (Å²) in [5.41, 5.74) is 1.02. The van der Waals surface area contributed by atoms with Crippen molar-refractivity contribution in [2.45, 2.75) is 11.4 Å². The first-order valence-corrected chi connectivity index (χ1v) is 9.26. The van der Waals surface area contributed by atoms with Gasteiger partial charge in [0, 0.05) is 25.7 Å². The van der Waals surface area contributed by atoms with Crippen LogP contribution in [0.15, 0.2) is 47.4 Å². The fourth-order valence-electron chi connectivity index (χ4n) is 2.37. The lowest BCUT2D eigenvalue weighted by molar-refractivity contribution is 0.329. The Morgan fingerprint density at radius 1 is 1.04 bits per heavy atom. The van der Waals surface area contributed by atoms with E-state index < -0.39 is 26.6 Å². The Balaban J connectivity index is 2.40. The number of rotatable bonds is 7. The van der Waals surface area contributed by atoms with Crippen LogP contribution in [-0.2, 0) is 16.6 Å². The zero-order valence-electron chi connectivity index (χ0n) is 14.5. The minimum Gasteiger partial charge on any atom is -0.308 e. The van der Waals surface area contributed by atoms with Crippen molar-refractivity contribution < 1.29 is 17.2 Å². The molecule has 2 aromatic rings. The molecule has 0 fully saturated rings. The fraction of sp³-hybridized carbons (Fsp3) is 0.278. The fourth-order valence-corrected chi connectivity index (χ4v) is 3.83. The van der Waals surface area contributed by atoms with Crippen molar-refractivity contribution in [1.29, 1.82) is 5.26 Å². The molecule has 0 heterocycles. The smallest absolute Gasteiger partial charge is 0.243 e. The highest BCUT2D eigenvalue weighted by atomic mass is 32.2. The van der Waals surface area contributed by atoms with Crippen molar-refractivity contribution in [2.75, 3.05) is 27.2 Å². The second-order valence-electron chi connectivity index (χ2n) is 6.06. The van der Waals surface area contributed by atoms with E-state index in [1.54, 1.807) is 43.3 Å². The molecule has 0 aliphatic heterocycles. The first kappa shape index (κ1) is 20.0. The van der Waals surface area contributed by atoms with E-state index in [1.165, 1.54) is 0 Å². The van der Waals surface area contributed by atoms with Gasteiger partial charge >= 0.3 is 0 Å². The van der Waals surface area contributed by atoms with Gasteiger partial charge in [0.25, 0.3) is 0 Å². The second kappa shape index (κ2) is 8.36. The lowest BCUT2D eigenvalue weighted by Crippen LogP contribution is -2.36. The Kier molecular flexibility index (Phi) is 6.42. The number of hydrogen-bond donors (Lipinski definition) is 0. The van der Waals surface area contributed by atoms with Crippen LogP contribution in [0.25, 0.3) is 0 Å². The van der Waals surface area contributed by atoms with Crippen LogP contribution in [0.1, 0.15) is 11.1 Å². The van der Waals surface area contributed by atoms with E-state index in [2.05, 4.69) is 0 Å². The van der Waals surface area contributed by atoms with E-state index in [4.69, 9.17) is 5.26 Å². The first-order valence-electron chi connectivity index (χ1n) is 7.82. The molecule has 2 rings (SSSR count). The summed E-state index contributed by atoms with van der Waals surface area (Å²) in [6, 6.07) is 10.8. The average molecular weight is 379 g/mol. The SMILES string of the molecule is CN(C)CCN(Cc1cccc(C#N)c1)S(=O)(=O)c1cc(F)cc(F)c1. The third-order valence-corrected chi connectivity index (χ3v) is 5.51. The molecule has 0 aliphatic carbocycles. The zero-order valence-corrected chi connectivity index (χ0v) is 15.3. The molecule has 0 saturated heterocycles. The first-order chi connectivity index (χ1) is 12.2. The monoisotopic (exact) mass is 379 g/mol. The highest BCUT2D eigenvalue weighted by Crippen LogP contribution is 2.21. The largest absolute Gasteiger partial charge is 0.308 e. The Hall–Kier alpha value is -2.34. The number of halogens is 2. The number of likely N-dealkylation sites (N-methyl/N-ethyl adjacent to an activating group) is 1. The van der Waals surface area contributed by atoms with E-state index in [-0.39, 0.29) is 13.1 Å². The number of benzene rings is 2. The standard InChI is InChI=1S/C18H19F2N3O2S/c1-22(2)6-7-23(13-15-5-3-4-14(8-15)12-21)26(24,25)18-10-16(19)9-17(20)11-18/h3-5,8-11H,6-7,13H2,1-2H3. The van der Waals surface area contributed by atoms with E-state index >= 15 is 0 Å². The van der Waals surface area contributed by atoms with E-state index in [1.807, 2.05) is 6.07 Å². The third kappa shape index (κ3) is 5.08. The molecule has 0 N–H and O–H groups in total. The summed E-state index contributed by atoms with van der Waals surface area (Å²) in [5.74, 6) is -1.91. The van der Waals surface area contributed by atoms with Crippen molar-refractivity contribution in [3.8, 4) is 6.07 Å². The summed E-state index contributed by atoms with van der Waals surface area (Å²) in [5, 5.41) is 9.00.